The maximum absolute atomic E-state index is 13.0. The molecular formula is C20H17Cl2NO3S. The van der Waals surface area contributed by atoms with E-state index in [2.05, 4.69) is 0 Å². The highest BCUT2D eigenvalue weighted by atomic mass is 35.5. The lowest BCUT2D eigenvalue weighted by atomic mass is 10.0. The Kier molecular flexibility index (Phi) is 5.65. The summed E-state index contributed by atoms with van der Waals surface area (Å²) in [6.07, 6.45) is 0. The zero-order valence-electron chi connectivity index (χ0n) is 14.4. The molecule has 0 radical (unpaired) electrons. The molecule has 0 saturated heterocycles. The molecule has 3 aromatic rings. The number of methoxy groups -OCH3 is 1. The molecule has 0 aliphatic heterocycles. The van der Waals surface area contributed by atoms with Crippen molar-refractivity contribution in [1.82, 2.24) is 0 Å². The largest absolute Gasteiger partial charge is 0.496 e. The second-order valence-corrected chi connectivity index (χ2v) is 8.75. The van der Waals surface area contributed by atoms with E-state index in [-0.39, 0.29) is 26.4 Å². The van der Waals surface area contributed by atoms with Gasteiger partial charge in [0.15, 0.2) is 9.84 Å². The number of rotatable bonds is 5. The normalized spacial score (nSPS) is 11.4. The Morgan fingerprint density at radius 1 is 0.963 bits per heavy atom. The van der Waals surface area contributed by atoms with Crippen LogP contribution in [0.25, 0.3) is 11.1 Å². The molecule has 0 saturated carbocycles. The van der Waals surface area contributed by atoms with Gasteiger partial charge in [-0.3, -0.25) is 0 Å². The summed E-state index contributed by atoms with van der Waals surface area (Å²) in [4.78, 5) is -0.0906. The van der Waals surface area contributed by atoms with Crippen LogP contribution in [0, 0.1) is 0 Å². The molecule has 140 valence electrons. The topological polar surface area (TPSA) is 69.4 Å². The van der Waals surface area contributed by atoms with Gasteiger partial charge in [0, 0.05) is 10.6 Å². The van der Waals surface area contributed by atoms with Crippen molar-refractivity contribution in [2.24, 2.45) is 0 Å². The maximum Gasteiger partial charge on any atom is 0.184 e. The summed E-state index contributed by atoms with van der Waals surface area (Å²) in [5.74, 6) is 0.183. The first kappa shape index (κ1) is 19.5. The van der Waals surface area contributed by atoms with E-state index < -0.39 is 9.84 Å². The minimum Gasteiger partial charge on any atom is -0.496 e. The molecule has 0 heterocycles. The third-order valence-corrected chi connectivity index (χ3v) is 6.35. The summed E-state index contributed by atoms with van der Waals surface area (Å²) in [5.41, 5.74) is 8.25. The Labute approximate surface area is 168 Å². The van der Waals surface area contributed by atoms with E-state index in [0.29, 0.717) is 11.3 Å². The number of sulfone groups is 1. The molecule has 4 nitrogen and oxygen atoms in total. The number of hydrogen-bond acceptors (Lipinski definition) is 4. The van der Waals surface area contributed by atoms with Crippen LogP contribution in [-0.2, 0) is 15.6 Å². The van der Waals surface area contributed by atoms with Crippen LogP contribution in [0.1, 0.15) is 5.56 Å². The Morgan fingerprint density at radius 2 is 1.67 bits per heavy atom. The van der Waals surface area contributed by atoms with Gasteiger partial charge in [0.2, 0.25) is 0 Å². The first-order valence-electron chi connectivity index (χ1n) is 8.01. The predicted octanol–water partition coefficient (Wildman–Crippen LogP) is 5.23. The van der Waals surface area contributed by atoms with Gasteiger partial charge in [0.1, 0.15) is 5.75 Å². The average molecular weight is 422 g/mol. The molecule has 0 unspecified atom stereocenters. The van der Waals surface area contributed by atoms with Crippen LogP contribution in [0.4, 0.5) is 5.69 Å². The second-order valence-electron chi connectivity index (χ2n) is 5.95. The number of benzene rings is 3. The number of nitrogen functional groups attached to an aromatic ring is 1. The summed E-state index contributed by atoms with van der Waals surface area (Å²) in [6.45, 7) is 0. The predicted molar refractivity (Wildman–Crippen MR) is 110 cm³/mol. The number of hydrogen-bond donors (Lipinski definition) is 1. The number of anilines is 1. The third-order valence-electron chi connectivity index (χ3n) is 4.12. The monoisotopic (exact) mass is 421 g/mol. The molecule has 2 N–H and O–H groups in total. The lowest BCUT2D eigenvalue weighted by Crippen LogP contribution is -2.09. The molecule has 27 heavy (non-hydrogen) atoms. The van der Waals surface area contributed by atoms with Crippen LogP contribution < -0.4 is 10.5 Å². The summed E-state index contributed by atoms with van der Waals surface area (Å²) in [7, 11) is -2.30. The summed E-state index contributed by atoms with van der Waals surface area (Å²) < 4.78 is 31.3. The molecule has 3 rings (SSSR count). The van der Waals surface area contributed by atoms with Crippen molar-refractivity contribution in [3.8, 4) is 16.9 Å². The van der Waals surface area contributed by atoms with E-state index in [1.54, 1.807) is 12.1 Å². The van der Waals surface area contributed by atoms with Crippen molar-refractivity contribution >= 4 is 38.7 Å². The Morgan fingerprint density at radius 3 is 2.33 bits per heavy atom. The van der Waals surface area contributed by atoms with Gasteiger partial charge in [-0.25, -0.2) is 8.42 Å². The van der Waals surface area contributed by atoms with Gasteiger partial charge in [-0.2, -0.15) is 0 Å². The van der Waals surface area contributed by atoms with Crippen molar-refractivity contribution in [2.45, 2.75) is 10.6 Å². The molecule has 0 bridgehead atoms. The van der Waals surface area contributed by atoms with Gasteiger partial charge in [-0.15, -0.1) is 0 Å². The van der Waals surface area contributed by atoms with E-state index in [4.69, 9.17) is 33.7 Å². The first-order chi connectivity index (χ1) is 12.8. The van der Waals surface area contributed by atoms with Crippen LogP contribution in [0.3, 0.4) is 0 Å². The van der Waals surface area contributed by atoms with Crippen LogP contribution in [-0.4, -0.2) is 15.5 Å². The van der Waals surface area contributed by atoms with Gasteiger partial charge in [-0.1, -0.05) is 59.6 Å². The molecule has 0 fully saturated rings. The molecule has 0 spiro atoms. The smallest absolute Gasteiger partial charge is 0.184 e. The SMILES string of the molecule is COc1ccc(-c2ccccc2)cc1CS(=O)(=O)c1cc(Cl)cc(Cl)c1N. The van der Waals surface area contributed by atoms with Crippen molar-refractivity contribution in [2.75, 3.05) is 12.8 Å². The minimum atomic E-state index is -3.79. The van der Waals surface area contributed by atoms with Gasteiger partial charge >= 0.3 is 0 Å². The summed E-state index contributed by atoms with van der Waals surface area (Å²) >= 11 is 12.0. The fourth-order valence-corrected chi connectivity index (χ4v) is 4.96. The molecule has 0 atom stereocenters. The van der Waals surface area contributed by atoms with Crippen molar-refractivity contribution in [1.29, 1.82) is 0 Å². The van der Waals surface area contributed by atoms with Crippen LogP contribution >= 0.6 is 23.2 Å². The molecular weight excluding hydrogens is 405 g/mol. The van der Waals surface area contributed by atoms with E-state index >= 15 is 0 Å². The molecule has 0 amide bonds. The Hall–Kier alpha value is -2.21. The molecule has 3 aromatic carbocycles. The Bertz CT molecular complexity index is 1080. The van der Waals surface area contributed by atoms with E-state index in [1.807, 2.05) is 36.4 Å². The number of nitrogens with two attached hydrogens (primary N) is 1. The molecule has 0 aromatic heterocycles. The number of halogens is 2. The fourth-order valence-electron chi connectivity index (χ4n) is 2.80. The second kappa shape index (κ2) is 7.80. The van der Waals surface area contributed by atoms with Gasteiger partial charge in [0.25, 0.3) is 0 Å². The zero-order chi connectivity index (χ0) is 19.6. The van der Waals surface area contributed by atoms with Gasteiger partial charge in [0.05, 0.1) is 28.5 Å². The molecule has 0 aliphatic carbocycles. The maximum atomic E-state index is 13.0. The molecule has 7 heteroatoms. The standard InChI is InChI=1S/C20H17Cl2NO3S/c1-26-18-8-7-14(13-5-3-2-4-6-13)9-15(18)12-27(24,25)19-11-16(21)10-17(22)20(19)23/h2-11H,12,23H2,1H3. The Balaban J connectivity index is 2.06. The van der Waals surface area contributed by atoms with E-state index in [1.165, 1.54) is 19.2 Å². The first-order valence-corrected chi connectivity index (χ1v) is 10.4. The summed E-state index contributed by atoms with van der Waals surface area (Å²) in [5, 5.41) is 0.309. The van der Waals surface area contributed by atoms with Crippen LogP contribution in [0.2, 0.25) is 10.0 Å². The zero-order valence-corrected chi connectivity index (χ0v) is 16.8. The highest BCUT2D eigenvalue weighted by Crippen LogP contribution is 2.34. The average Bonchev–Trinajstić information content (AvgIpc) is 2.65. The van der Waals surface area contributed by atoms with Crippen LogP contribution in [0.15, 0.2) is 65.6 Å². The van der Waals surface area contributed by atoms with Crippen molar-refractivity contribution < 1.29 is 13.2 Å². The lowest BCUT2D eigenvalue weighted by Gasteiger charge is -2.13. The minimum absolute atomic E-state index is 0.0146. The van der Waals surface area contributed by atoms with E-state index in [9.17, 15) is 8.42 Å². The summed E-state index contributed by atoms with van der Waals surface area (Å²) in [6, 6.07) is 17.8. The third kappa shape index (κ3) is 4.21. The van der Waals surface area contributed by atoms with Crippen molar-refractivity contribution in [3.63, 3.8) is 0 Å². The molecule has 0 aliphatic rings. The quantitative estimate of drug-likeness (QED) is 0.572. The highest BCUT2D eigenvalue weighted by molar-refractivity contribution is 7.90. The van der Waals surface area contributed by atoms with E-state index in [0.717, 1.165) is 11.1 Å². The van der Waals surface area contributed by atoms with Gasteiger partial charge in [-0.05, 0) is 35.4 Å². The highest BCUT2D eigenvalue weighted by Gasteiger charge is 2.23. The number of ether oxygens (including phenoxy) is 1. The fraction of sp³-hybridized carbons (Fsp3) is 0.100. The van der Waals surface area contributed by atoms with Crippen molar-refractivity contribution in [3.05, 3.63) is 76.3 Å². The lowest BCUT2D eigenvalue weighted by molar-refractivity contribution is 0.411. The van der Waals surface area contributed by atoms with Crippen LogP contribution in [0.5, 0.6) is 5.75 Å². The van der Waals surface area contributed by atoms with Gasteiger partial charge < -0.3 is 10.5 Å².